The minimum Gasteiger partial charge on any atom is -0.456 e. The van der Waals surface area contributed by atoms with E-state index in [0.29, 0.717) is 5.56 Å². The van der Waals surface area contributed by atoms with E-state index in [1.807, 2.05) is 18.2 Å². The van der Waals surface area contributed by atoms with E-state index in [4.69, 9.17) is 4.42 Å². The summed E-state index contributed by atoms with van der Waals surface area (Å²) in [5.41, 5.74) is 5.69. The molecule has 0 bridgehead atoms. The fourth-order valence-corrected chi connectivity index (χ4v) is 4.17. The second kappa shape index (κ2) is 5.48. The Balaban J connectivity index is 1.73. The zero-order valence-corrected chi connectivity index (χ0v) is 14.9. The number of para-hydroxylation sites is 2. The van der Waals surface area contributed by atoms with Crippen LogP contribution in [-0.4, -0.2) is 4.57 Å². The monoisotopic (exact) mass is 358 g/mol. The summed E-state index contributed by atoms with van der Waals surface area (Å²) < 4.78 is 8.27. The summed E-state index contributed by atoms with van der Waals surface area (Å²) in [6.07, 6.45) is 0. The van der Waals surface area contributed by atoms with Crippen LogP contribution in [0.5, 0.6) is 0 Å². The molecule has 0 saturated heterocycles. The lowest BCUT2D eigenvalue weighted by molar-refractivity contribution is 0.669. The Hall–Kier alpha value is -4.03. The summed E-state index contributed by atoms with van der Waals surface area (Å²) in [4.78, 5) is 0. The van der Waals surface area contributed by atoms with Crippen molar-refractivity contribution in [3.05, 3.63) is 90.5 Å². The highest BCUT2D eigenvalue weighted by Crippen LogP contribution is 2.35. The van der Waals surface area contributed by atoms with Crippen molar-refractivity contribution in [3.63, 3.8) is 0 Å². The summed E-state index contributed by atoms with van der Waals surface area (Å²) >= 11 is 0. The van der Waals surface area contributed by atoms with E-state index < -0.39 is 0 Å². The molecule has 0 radical (unpaired) electrons. The zero-order valence-electron chi connectivity index (χ0n) is 14.9. The van der Waals surface area contributed by atoms with Crippen LogP contribution in [0.4, 0.5) is 0 Å². The van der Waals surface area contributed by atoms with Gasteiger partial charge in [-0.3, -0.25) is 0 Å². The molecule has 0 N–H and O–H groups in total. The molecular formula is C25H14N2O. The summed E-state index contributed by atoms with van der Waals surface area (Å²) in [5.74, 6) is 0. The average molecular weight is 358 g/mol. The van der Waals surface area contributed by atoms with Crippen molar-refractivity contribution in [1.29, 1.82) is 5.26 Å². The molecule has 0 unspecified atom stereocenters. The highest BCUT2D eigenvalue weighted by Gasteiger charge is 2.14. The van der Waals surface area contributed by atoms with Crippen molar-refractivity contribution >= 4 is 43.7 Å². The first kappa shape index (κ1) is 15.1. The quantitative estimate of drug-likeness (QED) is 0.334. The lowest BCUT2D eigenvalue weighted by atomic mass is 10.1. The van der Waals surface area contributed by atoms with E-state index in [9.17, 15) is 5.26 Å². The minimum absolute atomic E-state index is 0.637. The second-order valence-corrected chi connectivity index (χ2v) is 6.97. The van der Waals surface area contributed by atoms with E-state index in [1.165, 1.54) is 21.8 Å². The summed E-state index contributed by atoms with van der Waals surface area (Å²) in [7, 11) is 0. The van der Waals surface area contributed by atoms with Crippen molar-refractivity contribution in [2.75, 3.05) is 0 Å². The van der Waals surface area contributed by atoms with Gasteiger partial charge in [0, 0.05) is 27.2 Å². The number of nitriles is 1. The molecule has 0 aliphatic rings. The summed E-state index contributed by atoms with van der Waals surface area (Å²) in [5, 5.41) is 13.7. The molecule has 0 spiro atoms. The topological polar surface area (TPSA) is 41.9 Å². The smallest absolute Gasteiger partial charge is 0.135 e. The molecule has 0 aliphatic heterocycles. The number of nitrogens with zero attached hydrogens (tertiary/aromatic N) is 2. The van der Waals surface area contributed by atoms with Gasteiger partial charge in [-0.25, -0.2) is 0 Å². The maximum Gasteiger partial charge on any atom is 0.135 e. The zero-order chi connectivity index (χ0) is 18.7. The summed E-state index contributed by atoms with van der Waals surface area (Å²) in [6.45, 7) is 0. The highest BCUT2D eigenvalue weighted by molar-refractivity contribution is 6.10. The number of rotatable bonds is 1. The van der Waals surface area contributed by atoms with Gasteiger partial charge in [0.1, 0.15) is 11.2 Å². The standard InChI is InChI=1S/C25H14N2O/c26-15-16-9-11-24-20(13-16)21-14-17(10-12-25(21)28-24)27-22-7-3-1-5-18(22)19-6-2-4-8-23(19)27/h1-14H. The van der Waals surface area contributed by atoms with Crippen LogP contribution in [0.15, 0.2) is 89.3 Å². The number of aromatic nitrogens is 1. The van der Waals surface area contributed by atoms with Gasteiger partial charge < -0.3 is 8.98 Å². The molecular weight excluding hydrogens is 344 g/mol. The normalized spacial score (nSPS) is 11.5. The summed E-state index contributed by atoms with van der Waals surface area (Å²) in [6, 6.07) is 31.0. The van der Waals surface area contributed by atoms with Crippen LogP contribution in [0.2, 0.25) is 0 Å². The van der Waals surface area contributed by atoms with Gasteiger partial charge in [0.25, 0.3) is 0 Å². The van der Waals surface area contributed by atoms with Gasteiger partial charge in [0.05, 0.1) is 22.7 Å². The Kier molecular flexibility index (Phi) is 2.95. The first-order chi connectivity index (χ1) is 13.8. The largest absolute Gasteiger partial charge is 0.456 e. The Bertz CT molecular complexity index is 1520. The van der Waals surface area contributed by atoms with E-state index in [-0.39, 0.29) is 0 Å². The minimum atomic E-state index is 0.637. The van der Waals surface area contributed by atoms with Gasteiger partial charge in [-0.1, -0.05) is 36.4 Å². The Morgan fingerprint density at radius 3 is 1.93 bits per heavy atom. The van der Waals surface area contributed by atoms with Crippen LogP contribution in [-0.2, 0) is 0 Å². The van der Waals surface area contributed by atoms with E-state index in [2.05, 4.69) is 71.3 Å². The SMILES string of the molecule is N#Cc1ccc2oc3ccc(-n4c5ccccc5c5ccccc54)cc3c2c1. The predicted molar refractivity (Wildman–Crippen MR) is 113 cm³/mol. The fourth-order valence-electron chi connectivity index (χ4n) is 4.17. The average Bonchev–Trinajstić information content (AvgIpc) is 3.28. The van der Waals surface area contributed by atoms with Crippen LogP contribution >= 0.6 is 0 Å². The molecule has 2 heterocycles. The molecule has 0 saturated carbocycles. The number of fused-ring (bicyclic) bond motifs is 6. The van der Waals surface area contributed by atoms with Crippen LogP contribution in [0.1, 0.15) is 5.56 Å². The van der Waals surface area contributed by atoms with Crippen LogP contribution < -0.4 is 0 Å². The van der Waals surface area contributed by atoms with Gasteiger partial charge in [-0.15, -0.1) is 0 Å². The van der Waals surface area contributed by atoms with Crippen molar-refractivity contribution in [1.82, 2.24) is 4.57 Å². The first-order valence-electron chi connectivity index (χ1n) is 9.18. The molecule has 4 aromatic carbocycles. The molecule has 28 heavy (non-hydrogen) atoms. The molecule has 0 atom stereocenters. The van der Waals surface area contributed by atoms with Crippen molar-refractivity contribution < 1.29 is 4.42 Å². The maximum atomic E-state index is 9.26. The number of furan rings is 1. The maximum absolute atomic E-state index is 9.26. The third-order valence-corrected chi connectivity index (χ3v) is 5.42. The Morgan fingerprint density at radius 2 is 1.25 bits per heavy atom. The third kappa shape index (κ3) is 1.97. The van der Waals surface area contributed by atoms with E-state index in [1.54, 1.807) is 6.07 Å². The van der Waals surface area contributed by atoms with Crippen LogP contribution in [0.3, 0.4) is 0 Å². The van der Waals surface area contributed by atoms with Crippen molar-refractivity contribution in [2.24, 2.45) is 0 Å². The number of benzene rings is 4. The molecule has 6 rings (SSSR count). The van der Waals surface area contributed by atoms with Crippen molar-refractivity contribution in [3.8, 4) is 11.8 Å². The van der Waals surface area contributed by atoms with E-state index >= 15 is 0 Å². The predicted octanol–water partition coefficient (Wildman–Crippen LogP) is 6.55. The Labute approximate surface area is 160 Å². The van der Waals surface area contributed by atoms with Crippen LogP contribution in [0, 0.1) is 11.3 Å². The Morgan fingerprint density at radius 1 is 0.643 bits per heavy atom. The van der Waals surface area contributed by atoms with E-state index in [0.717, 1.165) is 27.6 Å². The lowest BCUT2D eigenvalue weighted by Gasteiger charge is -2.07. The van der Waals surface area contributed by atoms with Gasteiger partial charge in [0.15, 0.2) is 0 Å². The first-order valence-corrected chi connectivity index (χ1v) is 9.18. The molecule has 3 heteroatoms. The van der Waals surface area contributed by atoms with Gasteiger partial charge in [-0.05, 0) is 48.5 Å². The fraction of sp³-hybridized carbons (Fsp3) is 0. The van der Waals surface area contributed by atoms with Crippen LogP contribution in [0.25, 0.3) is 49.4 Å². The molecule has 0 amide bonds. The number of hydrogen-bond acceptors (Lipinski definition) is 2. The molecule has 6 aromatic rings. The number of hydrogen-bond donors (Lipinski definition) is 0. The molecule has 0 fully saturated rings. The second-order valence-electron chi connectivity index (χ2n) is 6.97. The third-order valence-electron chi connectivity index (χ3n) is 5.42. The highest BCUT2D eigenvalue weighted by atomic mass is 16.3. The molecule has 3 nitrogen and oxygen atoms in total. The van der Waals surface area contributed by atoms with Gasteiger partial charge in [0.2, 0.25) is 0 Å². The van der Waals surface area contributed by atoms with Crippen molar-refractivity contribution in [2.45, 2.75) is 0 Å². The lowest BCUT2D eigenvalue weighted by Crippen LogP contribution is -1.93. The molecule has 0 aliphatic carbocycles. The van der Waals surface area contributed by atoms with Gasteiger partial charge >= 0.3 is 0 Å². The molecule has 130 valence electrons. The molecule has 2 aromatic heterocycles. The van der Waals surface area contributed by atoms with Gasteiger partial charge in [-0.2, -0.15) is 5.26 Å².